The minimum Gasteiger partial charge on any atom is -0.339 e. The van der Waals surface area contributed by atoms with Crippen LogP contribution in [-0.2, 0) is 9.84 Å². The fraction of sp³-hybridized carbons (Fsp3) is 0.400. The van der Waals surface area contributed by atoms with Gasteiger partial charge < -0.3 is 9.80 Å². The van der Waals surface area contributed by atoms with Crippen LogP contribution in [0.4, 0.5) is 5.69 Å². The summed E-state index contributed by atoms with van der Waals surface area (Å²) in [6.45, 7) is 6.35. The third-order valence-corrected chi connectivity index (χ3v) is 6.21. The van der Waals surface area contributed by atoms with E-state index >= 15 is 0 Å². The molecule has 0 amide bonds. The van der Waals surface area contributed by atoms with E-state index in [-0.39, 0.29) is 23.6 Å². The molecular formula is C15H18N2O2S2. The van der Waals surface area contributed by atoms with Crippen LogP contribution in [0.25, 0.3) is 0 Å². The summed E-state index contributed by atoms with van der Waals surface area (Å²) in [6.07, 6.45) is 1.77. The van der Waals surface area contributed by atoms with Gasteiger partial charge in [-0.2, -0.15) is 0 Å². The lowest BCUT2D eigenvalue weighted by Crippen LogP contribution is -2.37. The van der Waals surface area contributed by atoms with Gasteiger partial charge in [0.25, 0.3) is 0 Å². The van der Waals surface area contributed by atoms with Crippen LogP contribution in [0.15, 0.2) is 36.9 Å². The number of sulfone groups is 1. The molecule has 2 heterocycles. The number of thiocarbonyl (C=S) groups is 1. The minimum atomic E-state index is -3.01. The Labute approximate surface area is 131 Å². The highest BCUT2D eigenvalue weighted by molar-refractivity contribution is 7.91. The Kier molecular flexibility index (Phi) is 3.53. The first-order valence-electron chi connectivity index (χ1n) is 6.91. The average molecular weight is 322 g/mol. The maximum atomic E-state index is 12.0. The number of aryl methyl sites for hydroxylation is 1. The molecule has 21 heavy (non-hydrogen) atoms. The summed E-state index contributed by atoms with van der Waals surface area (Å²) in [5, 5.41) is 0.699. The van der Waals surface area contributed by atoms with Gasteiger partial charge in [-0.25, -0.2) is 8.42 Å². The van der Waals surface area contributed by atoms with Crippen molar-refractivity contribution in [2.75, 3.05) is 23.0 Å². The van der Waals surface area contributed by atoms with E-state index in [1.165, 1.54) is 0 Å². The molecular weight excluding hydrogens is 304 g/mol. The number of hydrogen-bond acceptors (Lipinski definition) is 3. The van der Waals surface area contributed by atoms with Crippen LogP contribution in [0.1, 0.15) is 5.56 Å². The summed E-state index contributed by atoms with van der Waals surface area (Å²) >= 11 is 5.59. The van der Waals surface area contributed by atoms with Gasteiger partial charge in [-0.1, -0.05) is 18.2 Å². The number of fused-ring (bicyclic) bond motifs is 1. The molecule has 0 bridgehead atoms. The molecule has 112 valence electrons. The minimum absolute atomic E-state index is 0.0685. The van der Waals surface area contributed by atoms with E-state index in [1.807, 2.05) is 41.0 Å². The van der Waals surface area contributed by atoms with Crippen LogP contribution in [0.2, 0.25) is 0 Å². The highest BCUT2D eigenvalue weighted by Gasteiger charge is 2.51. The molecule has 1 aromatic rings. The molecule has 2 saturated heterocycles. The van der Waals surface area contributed by atoms with E-state index in [0.29, 0.717) is 11.7 Å². The lowest BCUT2D eigenvalue weighted by Gasteiger charge is -2.25. The van der Waals surface area contributed by atoms with Crippen LogP contribution in [0.5, 0.6) is 0 Å². The van der Waals surface area contributed by atoms with Crippen LogP contribution >= 0.6 is 12.2 Å². The second kappa shape index (κ2) is 5.10. The number of anilines is 1. The molecule has 0 aliphatic carbocycles. The van der Waals surface area contributed by atoms with Crippen molar-refractivity contribution in [2.45, 2.75) is 19.0 Å². The summed E-state index contributed by atoms with van der Waals surface area (Å²) in [5.74, 6) is 0.341. The van der Waals surface area contributed by atoms with Crippen molar-refractivity contribution < 1.29 is 8.42 Å². The maximum absolute atomic E-state index is 12.0. The van der Waals surface area contributed by atoms with Crippen LogP contribution in [0, 0.1) is 6.92 Å². The standard InChI is InChI=1S/C15H18N2O2S2/c1-3-7-16-13-9-21(18,19)10-14(13)17(15(16)20)12-6-4-5-11(2)8-12/h3-6,8,13-14H,1,7,9-10H2,2H3/t13-,14+/m1/s1. The first-order chi connectivity index (χ1) is 9.93. The second-order valence-electron chi connectivity index (χ2n) is 5.64. The molecule has 4 nitrogen and oxygen atoms in total. The van der Waals surface area contributed by atoms with E-state index in [4.69, 9.17) is 12.2 Å². The average Bonchev–Trinajstić information content (AvgIpc) is 2.82. The molecule has 2 aliphatic heterocycles. The lowest BCUT2D eigenvalue weighted by atomic mass is 10.1. The van der Waals surface area contributed by atoms with Gasteiger partial charge in [-0.3, -0.25) is 0 Å². The van der Waals surface area contributed by atoms with Gasteiger partial charge in [-0.15, -0.1) is 6.58 Å². The number of nitrogens with zero attached hydrogens (tertiary/aromatic N) is 2. The summed E-state index contributed by atoms with van der Waals surface area (Å²) in [4.78, 5) is 3.99. The SMILES string of the molecule is C=CCN1C(=S)N(c2cccc(C)c2)[C@H]2CS(=O)(=O)C[C@H]21. The zero-order valence-electron chi connectivity index (χ0n) is 11.9. The third-order valence-electron chi connectivity index (χ3n) is 4.08. The Morgan fingerprint density at radius 3 is 2.76 bits per heavy atom. The molecule has 1 aromatic carbocycles. The fourth-order valence-corrected chi connectivity index (χ4v) is 5.61. The number of hydrogen-bond donors (Lipinski definition) is 0. The van der Waals surface area contributed by atoms with Crippen molar-refractivity contribution in [3.63, 3.8) is 0 Å². The summed E-state index contributed by atoms with van der Waals surface area (Å²) in [5.41, 5.74) is 2.11. The van der Waals surface area contributed by atoms with E-state index in [0.717, 1.165) is 11.3 Å². The first-order valence-corrected chi connectivity index (χ1v) is 9.14. The Bertz CT molecular complexity index is 699. The Balaban J connectivity index is 2.03. The quantitative estimate of drug-likeness (QED) is 0.626. The molecule has 0 N–H and O–H groups in total. The van der Waals surface area contributed by atoms with Crippen molar-refractivity contribution in [3.05, 3.63) is 42.5 Å². The molecule has 0 saturated carbocycles. The normalized spacial score (nSPS) is 27.0. The molecule has 2 atom stereocenters. The molecule has 0 aromatic heterocycles. The van der Waals surface area contributed by atoms with Crippen molar-refractivity contribution in [3.8, 4) is 0 Å². The van der Waals surface area contributed by atoms with E-state index < -0.39 is 9.84 Å². The van der Waals surface area contributed by atoms with Crippen molar-refractivity contribution >= 4 is 32.9 Å². The smallest absolute Gasteiger partial charge is 0.177 e. The highest BCUT2D eigenvalue weighted by Crippen LogP contribution is 2.35. The molecule has 0 unspecified atom stereocenters. The summed E-state index contributed by atoms with van der Waals surface area (Å²) < 4.78 is 24.0. The van der Waals surface area contributed by atoms with Gasteiger partial charge in [0.15, 0.2) is 14.9 Å². The molecule has 0 spiro atoms. The summed E-state index contributed by atoms with van der Waals surface area (Å²) in [6, 6.07) is 7.87. The molecule has 3 rings (SSSR count). The monoisotopic (exact) mass is 322 g/mol. The largest absolute Gasteiger partial charge is 0.339 e. The first kappa shape index (κ1) is 14.5. The van der Waals surface area contributed by atoms with Crippen molar-refractivity contribution in [1.82, 2.24) is 4.90 Å². The third kappa shape index (κ3) is 2.46. The highest BCUT2D eigenvalue weighted by atomic mass is 32.2. The van der Waals surface area contributed by atoms with E-state index in [9.17, 15) is 8.42 Å². The molecule has 6 heteroatoms. The van der Waals surface area contributed by atoms with Gasteiger partial charge in [0.1, 0.15) is 0 Å². The van der Waals surface area contributed by atoms with E-state index in [1.54, 1.807) is 6.08 Å². The van der Waals surface area contributed by atoms with Gasteiger partial charge in [0.2, 0.25) is 0 Å². The lowest BCUT2D eigenvalue weighted by molar-refractivity contribution is 0.389. The van der Waals surface area contributed by atoms with E-state index in [2.05, 4.69) is 6.58 Å². The molecule has 2 fully saturated rings. The zero-order valence-corrected chi connectivity index (χ0v) is 13.5. The van der Waals surface area contributed by atoms with Gasteiger partial charge in [0, 0.05) is 12.2 Å². The molecule has 0 radical (unpaired) electrons. The predicted octanol–water partition coefficient (Wildman–Crippen LogP) is 1.75. The van der Waals surface area contributed by atoms with Crippen molar-refractivity contribution in [2.24, 2.45) is 0 Å². The second-order valence-corrected chi connectivity index (χ2v) is 8.16. The van der Waals surface area contributed by atoms with Crippen LogP contribution in [-0.4, -0.2) is 48.6 Å². The Hall–Kier alpha value is -1.40. The van der Waals surface area contributed by atoms with Gasteiger partial charge in [-0.05, 0) is 36.8 Å². The Morgan fingerprint density at radius 2 is 2.10 bits per heavy atom. The van der Waals surface area contributed by atoms with Crippen LogP contribution < -0.4 is 4.90 Å². The van der Waals surface area contributed by atoms with Gasteiger partial charge >= 0.3 is 0 Å². The number of rotatable bonds is 3. The zero-order chi connectivity index (χ0) is 15.2. The Morgan fingerprint density at radius 1 is 1.38 bits per heavy atom. The summed E-state index contributed by atoms with van der Waals surface area (Å²) in [7, 11) is -3.01. The van der Waals surface area contributed by atoms with Crippen molar-refractivity contribution in [1.29, 1.82) is 0 Å². The topological polar surface area (TPSA) is 40.6 Å². The molecule has 2 aliphatic rings. The fourth-order valence-electron chi connectivity index (χ4n) is 3.21. The van der Waals surface area contributed by atoms with Gasteiger partial charge in [0.05, 0.1) is 23.6 Å². The van der Waals surface area contributed by atoms with Crippen LogP contribution in [0.3, 0.4) is 0 Å². The predicted molar refractivity (Wildman–Crippen MR) is 89.4 cm³/mol. The maximum Gasteiger partial charge on any atom is 0.177 e. The number of benzene rings is 1.